The van der Waals surface area contributed by atoms with Crippen LogP contribution in [-0.4, -0.2) is 12.4 Å². The van der Waals surface area contributed by atoms with Crippen molar-refractivity contribution in [2.45, 2.75) is 19.4 Å². The van der Waals surface area contributed by atoms with Gasteiger partial charge in [0.25, 0.3) is 0 Å². The first-order chi connectivity index (χ1) is 10.1. The van der Waals surface area contributed by atoms with Gasteiger partial charge in [-0.15, -0.1) is 0 Å². The zero-order chi connectivity index (χ0) is 15.1. The van der Waals surface area contributed by atoms with E-state index in [-0.39, 0.29) is 11.6 Å². The molecule has 0 N–H and O–H groups in total. The van der Waals surface area contributed by atoms with Gasteiger partial charge < -0.3 is 4.74 Å². The Bertz CT molecular complexity index is 579. The van der Waals surface area contributed by atoms with Gasteiger partial charge in [0, 0.05) is 23.1 Å². The maximum atomic E-state index is 12.8. The summed E-state index contributed by atoms with van der Waals surface area (Å²) in [7, 11) is 0. The Hall–Kier alpha value is -1.52. The molecular weight excluding hydrogens is 335 g/mol. The lowest BCUT2D eigenvalue weighted by atomic mass is 10.1. The van der Waals surface area contributed by atoms with Crippen LogP contribution in [0.2, 0.25) is 0 Å². The lowest BCUT2D eigenvalue weighted by Crippen LogP contribution is -2.02. The standard InChI is InChI=1S/C17H16BrFO2/c18-15-7-3-13(4-8-15)12-21-11-1-2-17(20)14-5-9-16(19)10-6-14/h3-10H,1-2,11-12H2. The Kier molecular flexibility index (Phi) is 6.08. The highest BCUT2D eigenvalue weighted by atomic mass is 79.9. The molecule has 0 aromatic heterocycles. The smallest absolute Gasteiger partial charge is 0.162 e. The van der Waals surface area contributed by atoms with Gasteiger partial charge in [-0.05, 0) is 48.4 Å². The molecule has 21 heavy (non-hydrogen) atoms. The molecular formula is C17H16BrFO2. The van der Waals surface area contributed by atoms with Crippen molar-refractivity contribution in [2.24, 2.45) is 0 Å². The van der Waals surface area contributed by atoms with Crippen molar-refractivity contribution in [3.05, 3.63) is 69.9 Å². The molecule has 0 aliphatic carbocycles. The number of hydrogen-bond acceptors (Lipinski definition) is 2. The van der Waals surface area contributed by atoms with E-state index in [1.54, 1.807) is 0 Å². The van der Waals surface area contributed by atoms with E-state index in [1.807, 2.05) is 24.3 Å². The Morgan fingerprint density at radius 2 is 1.71 bits per heavy atom. The van der Waals surface area contributed by atoms with E-state index in [1.165, 1.54) is 24.3 Å². The highest BCUT2D eigenvalue weighted by Crippen LogP contribution is 2.12. The van der Waals surface area contributed by atoms with Crippen LogP contribution in [-0.2, 0) is 11.3 Å². The average Bonchev–Trinajstić information content (AvgIpc) is 2.49. The first-order valence-corrected chi connectivity index (χ1v) is 7.55. The summed E-state index contributed by atoms with van der Waals surface area (Å²) in [6, 6.07) is 13.6. The molecule has 4 heteroatoms. The molecule has 2 aromatic rings. The molecule has 0 unspecified atom stereocenters. The molecule has 0 saturated heterocycles. The maximum Gasteiger partial charge on any atom is 0.162 e. The minimum Gasteiger partial charge on any atom is -0.377 e. The van der Waals surface area contributed by atoms with E-state index in [4.69, 9.17) is 4.74 Å². The largest absolute Gasteiger partial charge is 0.377 e. The van der Waals surface area contributed by atoms with Crippen molar-refractivity contribution in [3.8, 4) is 0 Å². The quantitative estimate of drug-likeness (QED) is 0.531. The summed E-state index contributed by atoms with van der Waals surface area (Å²) in [4.78, 5) is 11.8. The fraction of sp³-hybridized carbons (Fsp3) is 0.235. The topological polar surface area (TPSA) is 26.3 Å². The third-order valence-electron chi connectivity index (χ3n) is 3.04. The van der Waals surface area contributed by atoms with Crippen molar-refractivity contribution >= 4 is 21.7 Å². The first-order valence-electron chi connectivity index (χ1n) is 6.76. The number of ketones is 1. The van der Waals surface area contributed by atoms with Crippen LogP contribution in [0.5, 0.6) is 0 Å². The van der Waals surface area contributed by atoms with E-state index in [2.05, 4.69) is 15.9 Å². The van der Waals surface area contributed by atoms with Gasteiger partial charge in [0.05, 0.1) is 6.61 Å². The van der Waals surface area contributed by atoms with Crippen molar-refractivity contribution in [2.75, 3.05) is 6.61 Å². The number of Topliss-reactive ketones (excluding diaryl/α,β-unsaturated/α-hetero) is 1. The van der Waals surface area contributed by atoms with Crippen LogP contribution >= 0.6 is 15.9 Å². The van der Waals surface area contributed by atoms with Gasteiger partial charge in [0.15, 0.2) is 5.78 Å². The van der Waals surface area contributed by atoms with Gasteiger partial charge in [0.1, 0.15) is 5.82 Å². The Balaban J connectivity index is 1.66. The van der Waals surface area contributed by atoms with Crippen molar-refractivity contribution < 1.29 is 13.9 Å². The second kappa shape index (κ2) is 8.05. The molecule has 2 rings (SSSR count). The molecule has 0 bridgehead atoms. The van der Waals surface area contributed by atoms with Crippen LogP contribution in [0.1, 0.15) is 28.8 Å². The summed E-state index contributed by atoms with van der Waals surface area (Å²) < 4.78 is 19.3. The van der Waals surface area contributed by atoms with Crippen LogP contribution in [0, 0.1) is 5.82 Å². The zero-order valence-corrected chi connectivity index (χ0v) is 13.1. The molecule has 0 aliphatic rings. The number of rotatable bonds is 7. The Labute approximate surface area is 132 Å². The molecule has 0 radical (unpaired) electrons. The lowest BCUT2D eigenvalue weighted by Gasteiger charge is -2.05. The van der Waals surface area contributed by atoms with E-state index < -0.39 is 0 Å². The summed E-state index contributed by atoms with van der Waals surface area (Å²) in [5.74, 6) is -0.313. The highest BCUT2D eigenvalue weighted by molar-refractivity contribution is 9.10. The fourth-order valence-electron chi connectivity index (χ4n) is 1.89. The summed E-state index contributed by atoms with van der Waals surface area (Å²) in [6.45, 7) is 1.07. The van der Waals surface area contributed by atoms with Crippen LogP contribution < -0.4 is 0 Å². The van der Waals surface area contributed by atoms with Crippen molar-refractivity contribution in [1.82, 2.24) is 0 Å². The summed E-state index contributed by atoms with van der Waals surface area (Å²) in [5.41, 5.74) is 1.65. The number of ether oxygens (including phenoxy) is 1. The maximum absolute atomic E-state index is 12.8. The third kappa shape index (κ3) is 5.40. The summed E-state index contributed by atoms with van der Waals surface area (Å²) >= 11 is 3.38. The number of halogens is 2. The number of carbonyl (C=O) groups excluding carboxylic acids is 1. The molecule has 0 amide bonds. The number of carbonyl (C=O) groups is 1. The average molecular weight is 351 g/mol. The van der Waals surface area contributed by atoms with Gasteiger partial charge in [0.2, 0.25) is 0 Å². The lowest BCUT2D eigenvalue weighted by molar-refractivity contribution is 0.0919. The van der Waals surface area contributed by atoms with Gasteiger partial charge in [-0.1, -0.05) is 28.1 Å². The Morgan fingerprint density at radius 3 is 2.38 bits per heavy atom. The molecule has 2 aromatic carbocycles. The summed E-state index contributed by atoms with van der Waals surface area (Å²) in [5, 5.41) is 0. The van der Waals surface area contributed by atoms with E-state index in [0.717, 1.165) is 10.0 Å². The van der Waals surface area contributed by atoms with Crippen LogP contribution in [0.3, 0.4) is 0 Å². The summed E-state index contributed by atoms with van der Waals surface area (Å²) in [6.07, 6.45) is 1.07. The zero-order valence-electron chi connectivity index (χ0n) is 11.5. The number of hydrogen-bond donors (Lipinski definition) is 0. The molecule has 2 nitrogen and oxygen atoms in total. The second-order valence-corrected chi connectivity index (χ2v) is 5.63. The van der Waals surface area contributed by atoms with Gasteiger partial charge in [-0.3, -0.25) is 4.79 Å². The van der Waals surface area contributed by atoms with Crippen LogP contribution in [0.4, 0.5) is 4.39 Å². The van der Waals surface area contributed by atoms with Crippen LogP contribution in [0.25, 0.3) is 0 Å². The first kappa shape index (κ1) is 15.9. The molecule has 0 heterocycles. The SMILES string of the molecule is O=C(CCCOCc1ccc(Br)cc1)c1ccc(F)cc1. The predicted molar refractivity (Wildman–Crippen MR) is 83.8 cm³/mol. The van der Waals surface area contributed by atoms with Gasteiger partial charge >= 0.3 is 0 Å². The highest BCUT2D eigenvalue weighted by Gasteiger charge is 2.05. The third-order valence-corrected chi connectivity index (χ3v) is 3.57. The fourth-order valence-corrected chi connectivity index (χ4v) is 2.15. The Morgan fingerprint density at radius 1 is 1.05 bits per heavy atom. The monoisotopic (exact) mass is 350 g/mol. The van der Waals surface area contributed by atoms with Crippen molar-refractivity contribution in [3.63, 3.8) is 0 Å². The molecule has 0 aliphatic heterocycles. The minimum atomic E-state index is -0.329. The predicted octanol–water partition coefficient (Wildman–Crippen LogP) is 4.77. The van der Waals surface area contributed by atoms with E-state index in [9.17, 15) is 9.18 Å². The van der Waals surface area contributed by atoms with Crippen LogP contribution in [0.15, 0.2) is 53.0 Å². The minimum absolute atomic E-state index is 0.0160. The molecule has 0 atom stereocenters. The molecule has 0 saturated carbocycles. The normalized spacial score (nSPS) is 10.6. The number of benzene rings is 2. The van der Waals surface area contributed by atoms with Gasteiger partial charge in [-0.2, -0.15) is 0 Å². The van der Waals surface area contributed by atoms with E-state index >= 15 is 0 Å². The second-order valence-electron chi connectivity index (χ2n) is 4.71. The molecule has 110 valence electrons. The van der Waals surface area contributed by atoms with Crippen molar-refractivity contribution in [1.29, 1.82) is 0 Å². The van der Waals surface area contributed by atoms with Gasteiger partial charge in [-0.25, -0.2) is 4.39 Å². The molecule has 0 fully saturated rings. The van der Waals surface area contributed by atoms with E-state index in [0.29, 0.717) is 31.6 Å². The molecule has 0 spiro atoms.